The Labute approximate surface area is 102 Å². The molecule has 1 N–H and O–H groups in total. The first-order valence-electron chi connectivity index (χ1n) is 6.17. The molecule has 0 aromatic rings. The molecule has 0 saturated carbocycles. The smallest absolute Gasteiger partial charge is 0.322 e. The third-order valence-corrected chi connectivity index (χ3v) is 3.27. The molecule has 1 atom stereocenters. The molecule has 1 heterocycles. The second-order valence-corrected chi connectivity index (χ2v) is 4.43. The van der Waals surface area contributed by atoms with Crippen LogP contribution < -0.4 is 5.32 Å². The Morgan fingerprint density at radius 2 is 2.00 bits per heavy atom. The highest BCUT2D eigenvalue weighted by Crippen LogP contribution is 2.12. The molecule has 0 radical (unpaired) electrons. The van der Waals surface area contributed by atoms with Gasteiger partial charge >= 0.3 is 5.97 Å². The molecule has 1 rings (SSSR count). The van der Waals surface area contributed by atoms with E-state index in [9.17, 15) is 9.59 Å². The van der Waals surface area contributed by atoms with Crippen LogP contribution >= 0.6 is 0 Å². The van der Waals surface area contributed by atoms with E-state index in [1.807, 2.05) is 11.8 Å². The van der Waals surface area contributed by atoms with E-state index in [1.165, 1.54) is 7.11 Å². The van der Waals surface area contributed by atoms with E-state index in [0.29, 0.717) is 6.04 Å². The van der Waals surface area contributed by atoms with Gasteiger partial charge in [0.1, 0.15) is 6.04 Å². The average molecular weight is 242 g/mol. The summed E-state index contributed by atoms with van der Waals surface area (Å²) in [4.78, 5) is 24.5. The van der Waals surface area contributed by atoms with Crippen LogP contribution in [0.2, 0.25) is 0 Å². The number of piperidine rings is 1. The minimum absolute atomic E-state index is 0.128. The molecule has 1 aliphatic rings. The lowest BCUT2D eigenvalue weighted by atomic mass is 10.0. The van der Waals surface area contributed by atoms with E-state index in [-0.39, 0.29) is 17.9 Å². The Hall–Kier alpha value is -1.10. The quantitative estimate of drug-likeness (QED) is 0.731. The average Bonchev–Trinajstić information content (AvgIpc) is 2.35. The van der Waals surface area contributed by atoms with Crippen LogP contribution in [0.1, 0.15) is 33.1 Å². The van der Waals surface area contributed by atoms with Gasteiger partial charge in [0.15, 0.2) is 0 Å². The lowest BCUT2D eigenvalue weighted by Crippen LogP contribution is -2.49. The topological polar surface area (TPSA) is 58.6 Å². The fraction of sp³-hybridized carbons (Fsp3) is 0.833. The molecule has 5 nitrogen and oxygen atoms in total. The van der Waals surface area contributed by atoms with Crippen molar-refractivity contribution in [1.82, 2.24) is 10.2 Å². The number of amides is 1. The summed E-state index contributed by atoms with van der Waals surface area (Å²) in [5, 5.41) is 3.30. The van der Waals surface area contributed by atoms with Crippen LogP contribution in [-0.2, 0) is 14.3 Å². The van der Waals surface area contributed by atoms with Crippen LogP contribution in [0.25, 0.3) is 0 Å². The summed E-state index contributed by atoms with van der Waals surface area (Å²) in [6.45, 7) is 5.09. The highest BCUT2D eigenvalue weighted by Gasteiger charge is 2.25. The van der Waals surface area contributed by atoms with Gasteiger partial charge in [0.2, 0.25) is 5.91 Å². The van der Waals surface area contributed by atoms with Gasteiger partial charge in [0, 0.05) is 26.1 Å². The molecular weight excluding hydrogens is 220 g/mol. The standard InChI is InChI=1S/C12H22N2O3/c1-4-11(12(16)17-3)13-10-5-7-14(8-6-10)9(2)15/h10-11,13H,4-8H2,1-3H3. The highest BCUT2D eigenvalue weighted by atomic mass is 16.5. The third-order valence-electron chi connectivity index (χ3n) is 3.27. The van der Waals surface area contributed by atoms with E-state index in [1.54, 1.807) is 6.92 Å². The number of likely N-dealkylation sites (tertiary alicyclic amines) is 1. The Morgan fingerprint density at radius 1 is 1.41 bits per heavy atom. The highest BCUT2D eigenvalue weighted by molar-refractivity contribution is 5.75. The summed E-state index contributed by atoms with van der Waals surface area (Å²) in [5.41, 5.74) is 0. The van der Waals surface area contributed by atoms with Crippen molar-refractivity contribution in [3.8, 4) is 0 Å². The number of nitrogens with one attached hydrogen (secondary N) is 1. The molecule has 0 aromatic heterocycles. The van der Waals surface area contributed by atoms with Gasteiger partial charge < -0.3 is 15.0 Å². The minimum Gasteiger partial charge on any atom is -0.468 e. The molecule has 5 heteroatoms. The van der Waals surface area contributed by atoms with Crippen LogP contribution in [0.5, 0.6) is 0 Å². The number of ether oxygens (including phenoxy) is 1. The molecule has 1 aliphatic heterocycles. The van der Waals surface area contributed by atoms with Gasteiger partial charge in [-0.1, -0.05) is 6.92 Å². The molecular formula is C12H22N2O3. The summed E-state index contributed by atoms with van der Waals surface area (Å²) in [7, 11) is 1.41. The molecule has 1 unspecified atom stereocenters. The number of esters is 1. The van der Waals surface area contributed by atoms with E-state index < -0.39 is 0 Å². The number of nitrogens with zero attached hydrogens (tertiary/aromatic N) is 1. The SMILES string of the molecule is CCC(NC1CCN(C(C)=O)CC1)C(=O)OC. The molecule has 17 heavy (non-hydrogen) atoms. The van der Waals surface area contributed by atoms with Gasteiger partial charge in [-0.25, -0.2) is 0 Å². The summed E-state index contributed by atoms with van der Waals surface area (Å²) in [6.07, 6.45) is 2.51. The monoisotopic (exact) mass is 242 g/mol. The summed E-state index contributed by atoms with van der Waals surface area (Å²) in [5.74, 6) is -0.0787. The first-order valence-corrected chi connectivity index (χ1v) is 6.17. The van der Waals surface area contributed by atoms with E-state index in [4.69, 9.17) is 4.74 Å². The Balaban J connectivity index is 2.38. The van der Waals surface area contributed by atoms with Crippen LogP contribution in [0.15, 0.2) is 0 Å². The molecule has 0 aromatic carbocycles. The van der Waals surface area contributed by atoms with Crippen LogP contribution in [-0.4, -0.2) is 49.1 Å². The van der Waals surface area contributed by atoms with Crippen molar-refractivity contribution in [2.75, 3.05) is 20.2 Å². The van der Waals surface area contributed by atoms with Crippen molar-refractivity contribution >= 4 is 11.9 Å². The van der Waals surface area contributed by atoms with Gasteiger partial charge in [-0.15, -0.1) is 0 Å². The van der Waals surface area contributed by atoms with Crippen molar-refractivity contribution in [1.29, 1.82) is 0 Å². The Kier molecular flexibility index (Phi) is 5.41. The molecule has 1 amide bonds. The predicted octanol–water partition coefficient (Wildman–Crippen LogP) is 0.539. The predicted molar refractivity (Wildman–Crippen MR) is 64.5 cm³/mol. The third kappa shape index (κ3) is 4.00. The first-order chi connectivity index (χ1) is 8.08. The Bertz CT molecular complexity index is 273. The van der Waals surface area contributed by atoms with Crippen LogP contribution in [0.4, 0.5) is 0 Å². The van der Waals surface area contributed by atoms with Crippen molar-refractivity contribution in [3.05, 3.63) is 0 Å². The fourth-order valence-corrected chi connectivity index (χ4v) is 2.14. The maximum atomic E-state index is 11.4. The van der Waals surface area contributed by atoms with Crippen LogP contribution in [0, 0.1) is 0 Å². The maximum absolute atomic E-state index is 11.4. The molecule has 98 valence electrons. The zero-order valence-corrected chi connectivity index (χ0v) is 10.9. The van der Waals surface area contributed by atoms with Gasteiger partial charge in [-0.3, -0.25) is 9.59 Å². The van der Waals surface area contributed by atoms with Crippen LogP contribution in [0.3, 0.4) is 0 Å². The Morgan fingerprint density at radius 3 is 2.41 bits per heavy atom. The van der Waals surface area contributed by atoms with E-state index in [0.717, 1.165) is 32.4 Å². The molecule has 1 saturated heterocycles. The minimum atomic E-state index is -0.228. The van der Waals surface area contributed by atoms with E-state index in [2.05, 4.69) is 5.32 Å². The summed E-state index contributed by atoms with van der Waals surface area (Å²) in [6, 6.07) is 0.0727. The fourth-order valence-electron chi connectivity index (χ4n) is 2.14. The lowest BCUT2D eigenvalue weighted by Gasteiger charge is -2.33. The van der Waals surface area contributed by atoms with E-state index >= 15 is 0 Å². The molecule has 0 spiro atoms. The second-order valence-electron chi connectivity index (χ2n) is 4.43. The lowest BCUT2D eigenvalue weighted by molar-refractivity contribution is -0.143. The number of methoxy groups -OCH3 is 1. The molecule has 0 bridgehead atoms. The van der Waals surface area contributed by atoms with Crippen molar-refractivity contribution in [2.24, 2.45) is 0 Å². The second kappa shape index (κ2) is 6.59. The van der Waals surface area contributed by atoms with Gasteiger partial charge in [-0.2, -0.15) is 0 Å². The normalized spacial score (nSPS) is 18.9. The number of hydrogen-bond acceptors (Lipinski definition) is 4. The largest absolute Gasteiger partial charge is 0.468 e. The number of rotatable bonds is 4. The number of carbonyl (C=O) groups is 2. The van der Waals surface area contributed by atoms with Gasteiger partial charge in [-0.05, 0) is 19.3 Å². The summed E-state index contributed by atoms with van der Waals surface area (Å²) >= 11 is 0. The van der Waals surface area contributed by atoms with Gasteiger partial charge in [0.05, 0.1) is 7.11 Å². The summed E-state index contributed by atoms with van der Waals surface area (Å²) < 4.78 is 4.74. The first kappa shape index (κ1) is 14.0. The van der Waals surface area contributed by atoms with Gasteiger partial charge in [0.25, 0.3) is 0 Å². The van der Waals surface area contributed by atoms with Crippen molar-refractivity contribution in [2.45, 2.75) is 45.2 Å². The zero-order chi connectivity index (χ0) is 12.8. The van der Waals surface area contributed by atoms with Crippen molar-refractivity contribution in [3.63, 3.8) is 0 Å². The number of carbonyl (C=O) groups excluding carboxylic acids is 2. The maximum Gasteiger partial charge on any atom is 0.322 e. The number of hydrogen-bond donors (Lipinski definition) is 1. The molecule has 0 aliphatic carbocycles. The molecule has 1 fully saturated rings. The zero-order valence-electron chi connectivity index (χ0n) is 10.9. The van der Waals surface area contributed by atoms with Crippen molar-refractivity contribution < 1.29 is 14.3 Å².